The number of nitrogens with zero attached hydrogens (tertiary/aromatic N) is 1. The number of nitrogens with two attached hydrogens (primary N) is 1. The molecule has 0 unspecified atom stereocenters. The first-order valence-electron chi connectivity index (χ1n) is 7.38. The van der Waals surface area contributed by atoms with E-state index in [1.807, 2.05) is 13.0 Å². The SMILES string of the molecule is Cc1cc(Br)c(N2C(=O)CC3(CCCCC3)C2=O)cc1N. The van der Waals surface area contributed by atoms with Crippen LogP contribution < -0.4 is 10.6 Å². The fraction of sp³-hybridized carbons (Fsp3) is 0.500. The van der Waals surface area contributed by atoms with E-state index >= 15 is 0 Å². The van der Waals surface area contributed by atoms with Gasteiger partial charge in [0.25, 0.3) is 0 Å². The maximum Gasteiger partial charge on any atom is 0.240 e. The fourth-order valence-corrected chi connectivity index (χ4v) is 4.14. The van der Waals surface area contributed by atoms with Crippen LogP contribution in [0.1, 0.15) is 44.1 Å². The van der Waals surface area contributed by atoms with E-state index in [1.165, 1.54) is 4.90 Å². The maximum absolute atomic E-state index is 12.9. The van der Waals surface area contributed by atoms with Gasteiger partial charge in [-0.15, -0.1) is 0 Å². The monoisotopic (exact) mass is 350 g/mol. The van der Waals surface area contributed by atoms with Gasteiger partial charge in [0, 0.05) is 16.6 Å². The number of rotatable bonds is 1. The number of carbonyl (C=O) groups excluding carboxylic acids is 2. The lowest BCUT2D eigenvalue weighted by atomic mass is 9.73. The summed E-state index contributed by atoms with van der Waals surface area (Å²) in [5, 5.41) is 0. The van der Waals surface area contributed by atoms with Gasteiger partial charge in [-0.25, -0.2) is 4.90 Å². The predicted octanol–water partition coefficient (Wildman–Crippen LogP) is 3.55. The molecule has 1 aromatic rings. The van der Waals surface area contributed by atoms with E-state index in [0.29, 0.717) is 17.8 Å². The summed E-state index contributed by atoms with van der Waals surface area (Å²) in [5.41, 5.74) is 7.59. The molecule has 0 aromatic heterocycles. The molecule has 5 heteroatoms. The van der Waals surface area contributed by atoms with Crippen molar-refractivity contribution in [1.29, 1.82) is 0 Å². The highest BCUT2D eigenvalue weighted by molar-refractivity contribution is 9.10. The molecule has 0 bridgehead atoms. The number of amides is 2. The summed E-state index contributed by atoms with van der Waals surface area (Å²) in [7, 11) is 0. The molecule has 3 rings (SSSR count). The smallest absolute Gasteiger partial charge is 0.240 e. The molecule has 1 saturated heterocycles. The van der Waals surface area contributed by atoms with E-state index in [4.69, 9.17) is 5.73 Å². The van der Waals surface area contributed by atoms with E-state index < -0.39 is 5.41 Å². The Morgan fingerprint density at radius 2 is 1.86 bits per heavy atom. The molecule has 1 aliphatic carbocycles. The van der Waals surface area contributed by atoms with Gasteiger partial charge in [-0.05, 0) is 53.4 Å². The van der Waals surface area contributed by atoms with Crippen LogP contribution in [0.3, 0.4) is 0 Å². The van der Waals surface area contributed by atoms with Crippen LogP contribution in [-0.4, -0.2) is 11.8 Å². The van der Waals surface area contributed by atoms with Crippen molar-refractivity contribution in [3.63, 3.8) is 0 Å². The number of anilines is 2. The molecule has 2 aliphatic rings. The molecule has 2 fully saturated rings. The third-order valence-electron chi connectivity index (χ3n) is 4.78. The standard InChI is InChI=1S/C16H19BrN2O2/c1-10-7-11(17)13(8-12(10)18)19-14(20)9-16(15(19)21)5-3-2-4-6-16/h7-8H,2-6,9,18H2,1H3. The molecule has 1 aromatic carbocycles. The molecule has 4 nitrogen and oxygen atoms in total. The van der Waals surface area contributed by atoms with Crippen molar-refractivity contribution < 1.29 is 9.59 Å². The minimum absolute atomic E-state index is 0.0452. The largest absolute Gasteiger partial charge is 0.398 e. The Hall–Kier alpha value is -1.36. The van der Waals surface area contributed by atoms with Crippen molar-refractivity contribution in [2.24, 2.45) is 5.41 Å². The Bertz CT molecular complexity index is 621. The summed E-state index contributed by atoms with van der Waals surface area (Å²) < 4.78 is 0.740. The van der Waals surface area contributed by atoms with Crippen LogP contribution in [0.4, 0.5) is 11.4 Å². The highest BCUT2D eigenvalue weighted by Crippen LogP contribution is 2.47. The van der Waals surface area contributed by atoms with E-state index in [2.05, 4.69) is 15.9 Å². The average molecular weight is 351 g/mol. The lowest BCUT2D eigenvalue weighted by Gasteiger charge is -2.30. The molecule has 1 aliphatic heterocycles. The molecular formula is C16H19BrN2O2. The zero-order chi connectivity index (χ0) is 15.2. The molecular weight excluding hydrogens is 332 g/mol. The van der Waals surface area contributed by atoms with Crippen LogP contribution in [0.25, 0.3) is 0 Å². The van der Waals surface area contributed by atoms with E-state index in [9.17, 15) is 9.59 Å². The molecule has 1 heterocycles. The summed E-state index contributed by atoms with van der Waals surface area (Å²) in [4.78, 5) is 26.7. The van der Waals surface area contributed by atoms with Gasteiger partial charge < -0.3 is 5.73 Å². The minimum atomic E-state index is -0.464. The van der Waals surface area contributed by atoms with E-state index in [0.717, 1.165) is 42.1 Å². The second-order valence-corrected chi connectivity index (χ2v) is 7.07. The molecule has 2 N–H and O–H groups in total. The molecule has 1 spiro atoms. The van der Waals surface area contributed by atoms with E-state index in [1.54, 1.807) is 6.07 Å². The average Bonchev–Trinajstić information content (AvgIpc) is 2.67. The van der Waals surface area contributed by atoms with Gasteiger partial charge in [0.15, 0.2) is 0 Å². The Balaban J connectivity index is 2.01. The summed E-state index contributed by atoms with van der Waals surface area (Å²) in [6, 6.07) is 3.58. The van der Waals surface area contributed by atoms with Gasteiger partial charge in [-0.1, -0.05) is 19.3 Å². The van der Waals surface area contributed by atoms with Crippen LogP contribution in [-0.2, 0) is 9.59 Å². The highest BCUT2D eigenvalue weighted by Gasteiger charge is 2.52. The topological polar surface area (TPSA) is 63.4 Å². The number of benzene rings is 1. The summed E-state index contributed by atoms with van der Waals surface area (Å²) >= 11 is 3.46. The second-order valence-electron chi connectivity index (χ2n) is 6.21. The molecule has 2 amide bonds. The van der Waals surface area contributed by atoms with Crippen LogP contribution in [0.5, 0.6) is 0 Å². The Morgan fingerprint density at radius 1 is 1.19 bits per heavy atom. The van der Waals surface area contributed by atoms with Crippen LogP contribution in [0, 0.1) is 12.3 Å². The van der Waals surface area contributed by atoms with Crippen molar-refractivity contribution in [3.05, 3.63) is 22.2 Å². The lowest BCUT2D eigenvalue weighted by molar-refractivity contribution is -0.127. The normalized spacial score (nSPS) is 21.3. The highest BCUT2D eigenvalue weighted by atomic mass is 79.9. The van der Waals surface area contributed by atoms with Crippen molar-refractivity contribution in [1.82, 2.24) is 0 Å². The van der Waals surface area contributed by atoms with Gasteiger partial charge in [0.2, 0.25) is 11.8 Å². The number of imide groups is 1. The first kappa shape index (κ1) is 14.6. The molecule has 21 heavy (non-hydrogen) atoms. The van der Waals surface area contributed by atoms with Gasteiger partial charge in [0.1, 0.15) is 0 Å². The number of halogens is 1. The van der Waals surface area contributed by atoms with Crippen molar-refractivity contribution in [2.75, 3.05) is 10.6 Å². The van der Waals surface area contributed by atoms with Gasteiger partial charge in [-0.2, -0.15) is 0 Å². The van der Waals surface area contributed by atoms with Crippen molar-refractivity contribution >= 4 is 39.1 Å². The Kier molecular flexibility index (Phi) is 3.56. The molecule has 112 valence electrons. The third kappa shape index (κ3) is 2.27. The van der Waals surface area contributed by atoms with Crippen LogP contribution in [0.2, 0.25) is 0 Å². The minimum Gasteiger partial charge on any atom is -0.398 e. The predicted molar refractivity (Wildman–Crippen MR) is 85.9 cm³/mol. The zero-order valence-electron chi connectivity index (χ0n) is 12.1. The van der Waals surface area contributed by atoms with Gasteiger partial charge >= 0.3 is 0 Å². The maximum atomic E-state index is 12.9. The Morgan fingerprint density at radius 3 is 2.52 bits per heavy atom. The third-order valence-corrected chi connectivity index (χ3v) is 5.42. The number of hydrogen-bond acceptors (Lipinski definition) is 3. The van der Waals surface area contributed by atoms with Crippen LogP contribution in [0.15, 0.2) is 16.6 Å². The zero-order valence-corrected chi connectivity index (χ0v) is 13.7. The number of hydrogen-bond donors (Lipinski definition) is 1. The number of aryl methyl sites for hydroxylation is 1. The summed E-state index contributed by atoms with van der Waals surface area (Å²) in [5.74, 6) is -0.151. The summed E-state index contributed by atoms with van der Waals surface area (Å²) in [6.45, 7) is 1.90. The molecule has 0 radical (unpaired) electrons. The summed E-state index contributed by atoms with van der Waals surface area (Å²) in [6.07, 6.45) is 5.21. The van der Waals surface area contributed by atoms with Crippen molar-refractivity contribution in [3.8, 4) is 0 Å². The Labute approximate surface area is 132 Å². The molecule has 1 saturated carbocycles. The first-order chi connectivity index (χ1) is 9.94. The quantitative estimate of drug-likeness (QED) is 0.622. The second kappa shape index (κ2) is 5.13. The molecule has 0 atom stereocenters. The van der Waals surface area contributed by atoms with Gasteiger partial charge in [0.05, 0.1) is 11.1 Å². The lowest BCUT2D eigenvalue weighted by Crippen LogP contribution is -2.37. The first-order valence-corrected chi connectivity index (χ1v) is 8.17. The number of nitrogen functional groups attached to an aromatic ring is 1. The van der Waals surface area contributed by atoms with E-state index in [-0.39, 0.29) is 11.8 Å². The van der Waals surface area contributed by atoms with Crippen molar-refractivity contribution in [2.45, 2.75) is 45.4 Å². The van der Waals surface area contributed by atoms with Crippen LogP contribution >= 0.6 is 15.9 Å². The fourth-order valence-electron chi connectivity index (χ4n) is 3.51. The number of carbonyl (C=O) groups is 2. The van der Waals surface area contributed by atoms with Gasteiger partial charge in [-0.3, -0.25) is 9.59 Å².